The lowest BCUT2D eigenvalue weighted by Crippen LogP contribution is -2.30. The lowest BCUT2D eigenvalue weighted by Gasteiger charge is -2.18. The minimum Gasteiger partial charge on any atom is -0.377 e. The summed E-state index contributed by atoms with van der Waals surface area (Å²) in [6.45, 7) is 6.07. The molecule has 0 aliphatic carbocycles. The summed E-state index contributed by atoms with van der Waals surface area (Å²) < 4.78 is 17.3. The van der Waals surface area contributed by atoms with Crippen LogP contribution >= 0.6 is 0 Å². The van der Waals surface area contributed by atoms with Crippen molar-refractivity contribution in [3.63, 3.8) is 0 Å². The van der Waals surface area contributed by atoms with Crippen LogP contribution in [0.1, 0.15) is 33.6 Å². The Labute approximate surface area is 87.7 Å². The molecular formula is C10H18O3S. The van der Waals surface area contributed by atoms with E-state index in [1.54, 1.807) is 6.92 Å². The third-order valence-electron chi connectivity index (χ3n) is 2.58. The Hall–Kier alpha value is -0.220. The fourth-order valence-electron chi connectivity index (χ4n) is 1.80. The number of ether oxygens (including phenoxy) is 1. The molecular weight excluding hydrogens is 200 g/mol. The van der Waals surface area contributed by atoms with Crippen LogP contribution in [0.2, 0.25) is 0 Å². The van der Waals surface area contributed by atoms with E-state index in [1.165, 1.54) is 0 Å². The van der Waals surface area contributed by atoms with Gasteiger partial charge in [-0.25, -0.2) is 0 Å². The maximum Gasteiger partial charge on any atom is 0.131 e. The van der Waals surface area contributed by atoms with Gasteiger partial charge >= 0.3 is 0 Å². The number of carbonyl (C=O) groups excluding carboxylic acids is 1. The predicted octanol–water partition coefficient (Wildman–Crippen LogP) is 1.28. The van der Waals surface area contributed by atoms with E-state index >= 15 is 0 Å². The van der Waals surface area contributed by atoms with E-state index in [0.717, 1.165) is 6.42 Å². The Morgan fingerprint density at radius 3 is 2.71 bits per heavy atom. The molecule has 0 spiro atoms. The second-order valence-corrected chi connectivity index (χ2v) is 6.02. The molecule has 0 amide bonds. The molecule has 1 rings (SSSR count). The van der Waals surface area contributed by atoms with Crippen LogP contribution in [0.5, 0.6) is 0 Å². The molecule has 82 valence electrons. The summed E-state index contributed by atoms with van der Waals surface area (Å²) in [5, 5.41) is 0.0750. The Bertz CT molecular complexity index is 240. The summed E-state index contributed by atoms with van der Waals surface area (Å²) in [5.41, 5.74) is 0. The van der Waals surface area contributed by atoms with Crippen molar-refractivity contribution >= 4 is 16.6 Å². The van der Waals surface area contributed by atoms with Crippen LogP contribution < -0.4 is 0 Å². The molecule has 3 nitrogen and oxygen atoms in total. The summed E-state index contributed by atoms with van der Waals surface area (Å²) in [6, 6.07) is 0. The molecule has 0 radical (unpaired) electrons. The number of Topliss-reactive ketones (excluding diaryl/α,β-unsaturated/α-hetero) is 1. The molecule has 0 aromatic carbocycles. The SMILES string of the molecule is CC(=O)CC(C)S(=O)C1CCOC1C. The fourth-order valence-corrected chi connectivity index (χ4v) is 3.58. The molecule has 1 fully saturated rings. The Morgan fingerprint density at radius 1 is 1.64 bits per heavy atom. The first-order valence-corrected chi connectivity index (χ1v) is 6.30. The smallest absolute Gasteiger partial charge is 0.131 e. The number of hydrogen-bond acceptors (Lipinski definition) is 3. The van der Waals surface area contributed by atoms with Crippen molar-refractivity contribution in [3.8, 4) is 0 Å². The molecule has 4 heteroatoms. The molecule has 1 aliphatic heterocycles. The molecule has 1 aliphatic rings. The summed E-state index contributed by atoms with van der Waals surface area (Å²) >= 11 is 0. The van der Waals surface area contributed by atoms with Crippen LogP contribution in [0.4, 0.5) is 0 Å². The molecule has 4 unspecified atom stereocenters. The Morgan fingerprint density at radius 2 is 2.29 bits per heavy atom. The van der Waals surface area contributed by atoms with Crippen LogP contribution in [0.15, 0.2) is 0 Å². The lowest BCUT2D eigenvalue weighted by molar-refractivity contribution is -0.116. The van der Waals surface area contributed by atoms with Gasteiger partial charge < -0.3 is 4.74 Å². The molecule has 0 aromatic rings. The van der Waals surface area contributed by atoms with E-state index in [1.807, 2.05) is 13.8 Å². The lowest BCUT2D eigenvalue weighted by atomic mass is 10.2. The van der Waals surface area contributed by atoms with Gasteiger partial charge in [0.1, 0.15) is 5.78 Å². The second-order valence-electron chi connectivity index (χ2n) is 3.95. The van der Waals surface area contributed by atoms with Crippen molar-refractivity contribution in [1.29, 1.82) is 0 Å². The zero-order valence-corrected chi connectivity index (χ0v) is 9.80. The summed E-state index contributed by atoms with van der Waals surface area (Å²) in [7, 11) is -0.937. The number of hydrogen-bond donors (Lipinski definition) is 0. The normalized spacial score (nSPS) is 31.4. The van der Waals surface area contributed by atoms with Gasteiger partial charge in [-0.15, -0.1) is 0 Å². The van der Waals surface area contributed by atoms with Crippen LogP contribution in [0.25, 0.3) is 0 Å². The molecule has 0 aromatic heterocycles. The Kier molecular flexibility index (Phi) is 4.26. The highest BCUT2D eigenvalue weighted by atomic mass is 32.2. The first-order valence-electron chi connectivity index (χ1n) is 5.02. The van der Waals surface area contributed by atoms with E-state index in [4.69, 9.17) is 4.74 Å². The maximum atomic E-state index is 12.0. The van der Waals surface area contributed by atoms with Crippen LogP contribution in [0, 0.1) is 0 Å². The van der Waals surface area contributed by atoms with Crippen molar-refractivity contribution < 1.29 is 13.7 Å². The first-order chi connectivity index (χ1) is 6.52. The fraction of sp³-hybridized carbons (Fsp3) is 0.900. The number of ketones is 1. The van der Waals surface area contributed by atoms with Gasteiger partial charge in [0.25, 0.3) is 0 Å². The monoisotopic (exact) mass is 218 g/mol. The first kappa shape index (κ1) is 11.9. The van der Waals surface area contributed by atoms with E-state index in [0.29, 0.717) is 13.0 Å². The van der Waals surface area contributed by atoms with Crippen molar-refractivity contribution in [3.05, 3.63) is 0 Å². The average Bonchev–Trinajstić information content (AvgIpc) is 2.48. The molecule has 1 saturated heterocycles. The highest BCUT2D eigenvalue weighted by Crippen LogP contribution is 2.22. The molecule has 0 saturated carbocycles. The zero-order valence-electron chi connectivity index (χ0n) is 8.99. The van der Waals surface area contributed by atoms with E-state index < -0.39 is 10.8 Å². The van der Waals surface area contributed by atoms with Gasteiger partial charge in [0.2, 0.25) is 0 Å². The second kappa shape index (κ2) is 5.03. The van der Waals surface area contributed by atoms with Gasteiger partial charge in [0.15, 0.2) is 0 Å². The van der Waals surface area contributed by atoms with Gasteiger partial charge in [-0.3, -0.25) is 9.00 Å². The van der Waals surface area contributed by atoms with Crippen LogP contribution in [0.3, 0.4) is 0 Å². The maximum absolute atomic E-state index is 12.0. The predicted molar refractivity (Wildman–Crippen MR) is 56.7 cm³/mol. The molecule has 14 heavy (non-hydrogen) atoms. The standard InChI is InChI=1S/C10H18O3S/c1-7(11)6-8(2)14(12)10-4-5-13-9(10)3/h8-10H,4-6H2,1-3H3. The van der Waals surface area contributed by atoms with E-state index in [2.05, 4.69) is 0 Å². The van der Waals surface area contributed by atoms with Gasteiger partial charge in [0.05, 0.1) is 11.4 Å². The summed E-state index contributed by atoms with van der Waals surface area (Å²) in [5.74, 6) is 0.109. The highest BCUT2D eigenvalue weighted by molar-refractivity contribution is 7.86. The highest BCUT2D eigenvalue weighted by Gasteiger charge is 2.32. The van der Waals surface area contributed by atoms with Gasteiger partial charge in [-0.05, 0) is 20.3 Å². The van der Waals surface area contributed by atoms with Crippen molar-refractivity contribution in [2.24, 2.45) is 0 Å². The van der Waals surface area contributed by atoms with Crippen molar-refractivity contribution in [2.45, 2.75) is 50.2 Å². The van der Waals surface area contributed by atoms with Crippen LogP contribution in [-0.2, 0) is 20.3 Å². The molecule has 0 N–H and O–H groups in total. The largest absolute Gasteiger partial charge is 0.377 e. The van der Waals surface area contributed by atoms with Crippen LogP contribution in [-0.4, -0.2) is 33.2 Å². The minimum absolute atomic E-state index is 0.0401. The number of rotatable bonds is 4. The third kappa shape index (κ3) is 2.89. The van der Waals surface area contributed by atoms with Crippen molar-refractivity contribution in [2.75, 3.05) is 6.61 Å². The Balaban J connectivity index is 2.51. The minimum atomic E-state index is -0.937. The third-order valence-corrected chi connectivity index (χ3v) is 4.75. The van der Waals surface area contributed by atoms with Crippen molar-refractivity contribution in [1.82, 2.24) is 0 Å². The van der Waals surface area contributed by atoms with Gasteiger partial charge in [-0.2, -0.15) is 0 Å². The van der Waals surface area contributed by atoms with E-state index in [9.17, 15) is 9.00 Å². The van der Waals surface area contributed by atoms with E-state index in [-0.39, 0.29) is 22.4 Å². The number of carbonyl (C=O) groups is 1. The zero-order chi connectivity index (χ0) is 10.7. The van der Waals surface area contributed by atoms with Gasteiger partial charge in [0, 0.05) is 29.1 Å². The molecule has 0 bridgehead atoms. The topological polar surface area (TPSA) is 43.4 Å². The molecule has 4 atom stereocenters. The average molecular weight is 218 g/mol. The summed E-state index contributed by atoms with van der Waals surface area (Å²) in [6.07, 6.45) is 1.34. The van der Waals surface area contributed by atoms with Gasteiger partial charge in [-0.1, -0.05) is 6.92 Å². The molecule has 1 heterocycles. The quantitative estimate of drug-likeness (QED) is 0.714. The summed E-state index contributed by atoms with van der Waals surface area (Å²) in [4.78, 5) is 10.9.